The number of hydrogen-bond donors (Lipinski definition) is 1. The lowest BCUT2D eigenvalue weighted by atomic mass is 10.1. The molecule has 3 rings (SSSR count). The molecule has 0 bridgehead atoms. The monoisotopic (exact) mass is 319 g/mol. The first-order chi connectivity index (χ1) is 10.5. The van der Waals surface area contributed by atoms with E-state index in [1.807, 2.05) is 14.1 Å². The summed E-state index contributed by atoms with van der Waals surface area (Å²) in [4.78, 5) is 31.2. The van der Waals surface area contributed by atoms with Gasteiger partial charge < -0.3 is 14.8 Å². The molecule has 1 N–H and O–H groups in total. The van der Waals surface area contributed by atoms with E-state index in [0.29, 0.717) is 40.9 Å². The molecule has 22 heavy (non-hydrogen) atoms. The second-order valence-electron chi connectivity index (χ2n) is 5.88. The summed E-state index contributed by atoms with van der Waals surface area (Å²) in [6, 6.07) is 5.58. The van der Waals surface area contributed by atoms with Gasteiger partial charge in [-0.2, -0.15) is 0 Å². The molecule has 0 saturated carbocycles. The number of rotatable bonds is 3. The van der Waals surface area contributed by atoms with E-state index in [1.165, 1.54) is 0 Å². The van der Waals surface area contributed by atoms with Crippen LogP contribution in [0.15, 0.2) is 18.2 Å². The van der Waals surface area contributed by atoms with Crippen molar-refractivity contribution in [3.63, 3.8) is 0 Å². The Kier molecular flexibility index (Phi) is 3.93. The van der Waals surface area contributed by atoms with Gasteiger partial charge in [-0.25, -0.2) is 0 Å². The highest BCUT2D eigenvalue weighted by atomic mass is 35.5. The van der Waals surface area contributed by atoms with E-state index in [-0.39, 0.29) is 5.91 Å². The molecule has 116 valence electrons. The zero-order chi connectivity index (χ0) is 15.9. The lowest BCUT2D eigenvalue weighted by Gasteiger charge is -2.20. The summed E-state index contributed by atoms with van der Waals surface area (Å²) in [6.07, 6.45) is 1.68. The van der Waals surface area contributed by atoms with E-state index >= 15 is 0 Å². The summed E-state index contributed by atoms with van der Waals surface area (Å²) in [7, 11) is 4.03. The quantitative estimate of drug-likeness (QED) is 0.884. The van der Waals surface area contributed by atoms with Gasteiger partial charge in [0.1, 0.15) is 5.69 Å². The number of aromatic amines is 1. The van der Waals surface area contributed by atoms with Crippen LogP contribution in [0.2, 0.25) is 5.02 Å². The summed E-state index contributed by atoms with van der Waals surface area (Å²) in [5.74, 6) is -0.126. The summed E-state index contributed by atoms with van der Waals surface area (Å²) in [6.45, 7) is 1.39. The third kappa shape index (κ3) is 2.51. The van der Waals surface area contributed by atoms with E-state index in [9.17, 15) is 9.59 Å². The number of carbonyl (C=O) groups excluding carboxylic acids is 2. The maximum Gasteiger partial charge on any atom is 0.271 e. The van der Waals surface area contributed by atoms with Gasteiger partial charge in [0.05, 0.1) is 5.56 Å². The van der Waals surface area contributed by atoms with E-state index in [2.05, 4.69) is 9.88 Å². The minimum absolute atomic E-state index is 0.126. The first kappa shape index (κ1) is 15.1. The van der Waals surface area contributed by atoms with Crippen LogP contribution in [0, 0.1) is 0 Å². The molecule has 2 heterocycles. The maximum absolute atomic E-state index is 12.7. The molecule has 1 amide bonds. The van der Waals surface area contributed by atoms with E-state index < -0.39 is 0 Å². The molecular weight excluding hydrogens is 302 g/mol. The zero-order valence-electron chi connectivity index (χ0n) is 12.6. The van der Waals surface area contributed by atoms with Crippen LogP contribution in [0.4, 0.5) is 0 Å². The van der Waals surface area contributed by atoms with Crippen molar-refractivity contribution in [2.45, 2.75) is 12.5 Å². The van der Waals surface area contributed by atoms with Gasteiger partial charge in [0.25, 0.3) is 5.91 Å². The number of carbonyl (C=O) groups is 2. The number of nitrogens with one attached hydrogen (secondary N) is 1. The van der Waals surface area contributed by atoms with Crippen LogP contribution in [-0.2, 0) is 0 Å². The highest BCUT2D eigenvalue weighted by Gasteiger charge is 2.30. The molecule has 5 nitrogen and oxygen atoms in total. The number of aldehydes is 1. The minimum atomic E-state index is -0.126. The van der Waals surface area contributed by atoms with Gasteiger partial charge in [-0.1, -0.05) is 17.7 Å². The van der Waals surface area contributed by atoms with Crippen LogP contribution in [-0.4, -0.2) is 60.2 Å². The standard InChI is InChI=1S/C16H18ClN3O2/c1-19(2)11-5-6-20(8-11)16(22)15-13(9-21)12-4-3-10(17)7-14(12)18-15/h3-4,7,9,11,18H,5-6,8H2,1-2H3/t11-/m0/s1. The van der Waals surface area contributed by atoms with Crippen molar-refractivity contribution >= 4 is 34.7 Å². The summed E-state index contributed by atoms with van der Waals surface area (Å²) in [5.41, 5.74) is 1.47. The average Bonchev–Trinajstić information content (AvgIpc) is 3.10. The van der Waals surface area contributed by atoms with Crippen LogP contribution < -0.4 is 0 Å². The molecular formula is C16H18ClN3O2. The van der Waals surface area contributed by atoms with Gasteiger partial charge in [0.2, 0.25) is 0 Å². The molecule has 0 aliphatic carbocycles. The number of amides is 1. The molecule has 1 fully saturated rings. The van der Waals surface area contributed by atoms with Crippen molar-refractivity contribution in [2.75, 3.05) is 27.2 Å². The molecule has 6 heteroatoms. The summed E-state index contributed by atoms with van der Waals surface area (Å²) in [5, 5.41) is 1.30. The smallest absolute Gasteiger partial charge is 0.271 e. The van der Waals surface area contributed by atoms with Crippen molar-refractivity contribution in [3.05, 3.63) is 34.5 Å². The fourth-order valence-corrected chi connectivity index (χ4v) is 3.16. The molecule has 1 aliphatic rings. The molecule has 1 aromatic carbocycles. The Balaban J connectivity index is 1.96. The van der Waals surface area contributed by atoms with E-state index in [0.717, 1.165) is 18.1 Å². The molecule has 0 spiro atoms. The molecule has 1 aliphatic heterocycles. The Morgan fingerprint density at radius 1 is 1.45 bits per heavy atom. The first-order valence-electron chi connectivity index (χ1n) is 7.23. The number of halogens is 1. The largest absolute Gasteiger partial charge is 0.350 e. The molecule has 1 saturated heterocycles. The highest BCUT2D eigenvalue weighted by molar-refractivity contribution is 6.31. The van der Waals surface area contributed by atoms with Gasteiger partial charge in [-0.3, -0.25) is 9.59 Å². The summed E-state index contributed by atoms with van der Waals surface area (Å²) >= 11 is 5.97. The molecule has 2 aromatic rings. The number of likely N-dealkylation sites (N-methyl/N-ethyl adjacent to an activating group) is 1. The van der Waals surface area contributed by atoms with Crippen LogP contribution in [0.3, 0.4) is 0 Å². The molecule has 1 aromatic heterocycles. The van der Waals surface area contributed by atoms with Gasteiger partial charge >= 0.3 is 0 Å². The Labute approximate surface area is 133 Å². The highest BCUT2D eigenvalue weighted by Crippen LogP contribution is 2.26. The Bertz CT molecular complexity index is 738. The van der Waals surface area contributed by atoms with Crippen LogP contribution >= 0.6 is 11.6 Å². The van der Waals surface area contributed by atoms with Gasteiger partial charge in [-0.15, -0.1) is 0 Å². The van der Waals surface area contributed by atoms with Gasteiger partial charge in [-0.05, 0) is 32.6 Å². The zero-order valence-corrected chi connectivity index (χ0v) is 13.4. The maximum atomic E-state index is 12.7. The number of fused-ring (bicyclic) bond motifs is 1. The lowest BCUT2D eigenvalue weighted by Crippen LogP contribution is -2.35. The topological polar surface area (TPSA) is 56.4 Å². The second-order valence-corrected chi connectivity index (χ2v) is 6.32. The summed E-state index contributed by atoms with van der Waals surface area (Å²) < 4.78 is 0. The molecule has 0 radical (unpaired) electrons. The van der Waals surface area contributed by atoms with Crippen molar-refractivity contribution < 1.29 is 9.59 Å². The Hall–Kier alpha value is -1.85. The number of H-pyrrole nitrogens is 1. The molecule has 1 atom stereocenters. The second kappa shape index (κ2) is 5.74. The number of benzene rings is 1. The Morgan fingerprint density at radius 3 is 2.86 bits per heavy atom. The third-order valence-electron chi connectivity index (χ3n) is 4.31. The Morgan fingerprint density at radius 2 is 2.23 bits per heavy atom. The van der Waals surface area contributed by atoms with E-state index in [1.54, 1.807) is 23.1 Å². The fourth-order valence-electron chi connectivity index (χ4n) is 2.99. The van der Waals surface area contributed by atoms with Crippen molar-refractivity contribution in [1.82, 2.24) is 14.8 Å². The normalized spacial score (nSPS) is 18.4. The third-order valence-corrected chi connectivity index (χ3v) is 4.55. The number of likely N-dealkylation sites (tertiary alicyclic amines) is 1. The van der Waals surface area contributed by atoms with Crippen molar-refractivity contribution in [1.29, 1.82) is 0 Å². The number of hydrogen-bond acceptors (Lipinski definition) is 3. The van der Waals surface area contributed by atoms with Crippen LogP contribution in [0.1, 0.15) is 27.3 Å². The number of nitrogens with zero attached hydrogens (tertiary/aromatic N) is 2. The van der Waals surface area contributed by atoms with Crippen molar-refractivity contribution in [2.24, 2.45) is 0 Å². The number of aromatic nitrogens is 1. The van der Waals surface area contributed by atoms with Crippen LogP contribution in [0.5, 0.6) is 0 Å². The first-order valence-corrected chi connectivity index (χ1v) is 7.61. The molecule has 0 unspecified atom stereocenters. The average molecular weight is 320 g/mol. The predicted octanol–water partition coefficient (Wildman–Crippen LogP) is 2.41. The van der Waals surface area contributed by atoms with Gasteiger partial charge in [0, 0.05) is 35.1 Å². The SMILES string of the molecule is CN(C)[C@H]1CCN(C(=O)c2[nH]c3cc(Cl)ccc3c2C=O)C1. The fraction of sp³-hybridized carbons (Fsp3) is 0.375. The predicted molar refractivity (Wildman–Crippen MR) is 86.7 cm³/mol. The van der Waals surface area contributed by atoms with Crippen molar-refractivity contribution in [3.8, 4) is 0 Å². The van der Waals surface area contributed by atoms with E-state index in [4.69, 9.17) is 11.6 Å². The van der Waals surface area contributed by atoms with Gasteiger partial charge in [0.15, 0.2) is 6.29 Å². The van der Waals surface area contributed by atoms with Crippen LogP contribution in [0.25, 0.3) is 10.9 Å². The minimum Gasteiger partial charge on any atom is -0.350 e. The lowest BCUT2D eigenvalue weighted by molar-refractivity contribution is 0.0775.